The molecule has 5 rings (SSSR count). The van der Waals surface area contributed by atoms with E-state index in [1.165, 1.54) is 37.8 Å². The first kappa shape index (κ1) is 17.5. The quantitative estimate of drug-likeness (QED) is 0.711. The normalized spacial score (nSPS) is 22.0. The number of benzene rings is 2. The maximum absolute atomic E-state index is 13.5. The second kappa shape index (κ2) is 6.80. The van der Waals surface area contributed by atoms with Crippen LogP contribution in [0.1, 0.15) is 32.6 Å². The molecule has 0 unspecified atom stereocenters. The maximum atomic E-state index is 13.5. The molecule has 1 aliphatic heterocycles. The average molecular weight is 379 g/mol. The van der Waals surface area contributed by atoms with Crippen LogP contribution in [-0.4, -0.2) is 22.6 Å². The Labute approximate surface area is 164 Å². The minimum atomic E-state index is -0.249. The van der Waals surface area contributed by atoms with Gasteiger partial charge in [0.15, 0.2) is 0 Å². The molecule has 0 spiro atoms. The topological polar surface area (TPSA) is 41.0 Å². The molecule has 2 atom stereocenters. The molecule has 146 valence electrons. The van der Waals surface area contributed by atoms with Crippen LogP contribution in [0.15, 0.2) is 41.2 Å². The van der Waals surface area contributed by atoms with E-state index >= 15 is 0 Å². The predicted octanol–water partition coefficient (Wildman–Crippen LogP) is 4.78. The van der Waals surface area contributed by atoms with Gasteiger partial charge < -0.3 is 9.88 Å². The maximum Gasteiger partial charge on any atom is 0.326 e. The van der Waals surface area contributed by atoms with Gasteiger partial charge in [0.25, 0.3) is 0 Å². The van der Waals surface area contributed by atoms with Gasteiger partial charge in [0.1, 0.15) is 5.82 Å². The van der Waals surface area contributed by atoms with Crippen molar-refractivity contribution in [2.24, 2.45) is 11.8 Å². The minimum Gasteiger partial charge on any atom is -0.371 e. The number of nitrogens with zero attached hydrogens (tertiary/aromatic N) is 2. The van der Waals surface area contributed by atoms with Gasteiger partial charge in [-0.05, 0) is 61.4 Å². The summed E-state index contributed by atoms with van der Waals surface area (Å²) in [5.41, 5.74) is 4.75. The first-order valence-corrected chi connectivity index (χ1v) is 10.4. The fraction of sp³-hybridized carbons (Fsp3) is 0.435. The Kier molecular flexibility index (Phi) is 4.26. The van der Waals surface area contributed by atoms with Crippen LogP contribution in [0, 0.1) is 17.7 Å². The number of halogens is 1. The number of hydrogen-bond acceptors (Lipinski definition) is 2. The molecule has 1 saturated carbocycles. The van der Waals surface area contributed by atoms with Crippen molar-refractivity contribution in [3.05, 3.63) is 52.7 Å². The third-order valence-electron chi connectivity index (χ3n) is 6.73. The molecule has 0 amide bonds. The standard InChI is InChI=1S/C23H26FN3O/c1-2-27-22-20(16-6-8-18(24)9-7-16)12-19(13-21(22)25-23(27)28)26-11-10-15-4-3-5-17(15)14-26/h6-9,12-13,15,17H,2-5,10-11,14H2,1H3,(H,25,28)/t15-,17-/m1/s1. The molecule has 5 heteroatoms. The summed E-state index contributed by atoms with van der Waals surface area (Å²) >= 11 is 0. The van der Waals surface area contributed by atoms with Gasteiger partial charge >= 0.3 is 5.69 Å². The van der Waals surface area contributed by atoms with Crippen molar-refractivity contribution in [1.29, 1.82) is 0 Å². The fourth-order valence-corrected chi connectivity index (χ4v) is 5.29. The number of nitrogens with one attached hydrogen (secondary N) is 1. The van der Waals surface area contributed by atoms with Crippen LogP contribution in [0.5, 0.6) is 0 Å². The summed E-state index contributed by atoms with van der Waals surface area (Å²) in [4.78, 5) is 18.0. The van der Waals surface area contributed by atoms with Gasteiger partial charge in [-0.25, -0.2) is 9.18 Å². The van der Waals surface area contributed by atoms with Crippen molar-refractivity contribution in [2.45, 2.75) is 39.2 Å². The SMILES string of the molecule is CCn1c(=O)[nH]c2cc(N3CC[C@H]4CCC[C@@H]4C3)cc(-c3ccc(F)cc3)c21. The predicted molar refractivity (Wildman–Crippen MR) is 111 cm³/mol. The van der Waals surface area contributed by atoms with Gasteiger partial charge in [0, 0.05) is 30.9 Å². The van der Waals surface area contributed by atoms with Crippen molar-refractivity contribution < 1.29 is 4.39 Å². The van der Waals surface area contributed by atoms with Crippen molar-refractivity contribution in [3.63, 3.8) is 0 Å². The molecule has 2 aromatic carbocycles. The molecule has 1 aliphatic carbocycles. The Morgan fingerprint density at radius 1 is 1.11 bits per heavy atom. The van der Waals surface area contributed by atoms with E-state index in [9.17, 15) is 9.18 Å². The first-order chi connectivity index (χ1) is 13.6. The van der Waals surface area contributed by atoms with Crippen LogP contribution < -0.4 is 10.6 Å². The number of piperidine rings is 1. The average Bonchev–Trinajstić information content (AvgIpc) is 3.30. The van der Waals surface area contributed by atoms with Crippen LogP contribution in [0.4, 0.5) is 10.1 Å². The lowest BCUT2D eigenvalue weighted by atomic mass is 9.88. The van der Waals surface area contributed by atoms with E-state index in [0.717, 1.165) is 52.8 Å². The summed E-state index contributed by atoms with van der Waals surface area (Å²) in [5.74, 6) is 1.43. The van der Waals surface area contributed by atoms with E-state index in [2.05, 4.69) is 22.0 Å². The zero-order valence-corrected chi connectivity index (χ0v) is 16.2. The van der Waals surface area contributed by atoms with Crippen molar-refractivity contribution in [2.75, 3.05) is 18.0 Å². The number of aryl methyl sites for hydroxylation is 1. The zero-order valence-electron chi connectivity index (χ0n) is 16.2. The summed E-state index contributed by atoms with van der Waals surface area (Å²) < 4.78 is 15.3. The highest BCUT2D eigenvalue weighted by atomic mass is 19.1. The molecule has 2 heterocycles. The third-order valence-corrected chi connectivity index (χ3v) is 6.73. The highest BCUT2D eigenvalue weighted by Crippen LogP contribution is 2.40. The molecule has 1 aromatic heterocycles. The number of anilines is 1. The van der Waals surface area contributed by atoms with Crippen LogP contribution in [0.2, 0.25) is 0 Å². The fourth-order valence-electron chi connectivity index (χ4n) is 5.29. The Morgan fingerprint density at radius 3 is 2.68 bits per heavy atom. The third kappa shape index (κ3) is 2.84. The minimum absolute atomic E-state index is 0.0903. The van der Waals surface area contributed by atoms with Gasteiger partial charge in [0.05, 0.1) is 11.0 Å². The van der Waals surface area contributed by atoms with E-state index < -0.39 is 0 Å². The van der Waals surface area contributed by atoms with Crippen molar-refractivity contribution in [3.8, 4) is 11.1 Å². The molecule has 0 bridgehead atoms. The molecule has 4 nitrogen and oxygen atoms in total. The molecule has 2 fully saturated rings. The summed E-state index contributed by atoms with van der Waals surface area (Å²) in [7, 11) is 0. The summed E-state index contributed by atoms with van der Waals surface area (Å²) in [6.07, 6.45) is 5.32. The lowest BCUT2D eigenvalue weighted by Crippen LogP contribution is -2.38. The van der Waals surface area contributed by atoms with E-state index in [-0.39, 0.29) is 11.5 Å². The van der Waals surface area contributed by atoms with Crippen LogP contribution in [0.3, 0.4) is 0 Å². The van der Waals surface area contributed by atoms with Gasteiger partial charge in [-0.15, -0.1) is 0 Å². The van der Waals surface area contributed by atoms with Crippen LogP contribution >= 0.6 is 0 Å². The lowest BCUT2D eigenvalue weighted by Gasteiger charge is -2.37. The molecular weight excluding hydrogens is 353 g/mol. The monoisotopic (exact) mass is 379 g/mol. The number of aromatic amines is 1. The van der Waals surface area contributed by atoms with Gasteiger partial charge in [0.2, 0.25) is 0 Å². The van der Waals surface area contributed by atoms with Gasteiger partial charge in [-0.1, -0.05) is 25.0 Å². The number of fused-ring (bicyclic) bond motifs is 2. The Bertz CT molecular complexity index is 1070. The Hall–Kier alpha value is -2.56. The second-order valence-electron chi connectivity index (χ2n) is 8.26. The van der Waals surface area contributed by atoms with E-state index in [4.69, 9.17) is 0 Å². The van der Waals surface area contributed by atoms with Crippen LogP contribution in [-0.2, 0) is 6.54 Å². The van der Waals surface area contributed by atoms with Crippen LogP contribution in [0.25, 0.3) is 22.2 Å². The number of H-pyrrole nitrogens is 1. The Morgan fingerprint density at radius 2 is 1.89 bits per heavy atom. The highest BCUT2D eigenvalue weighted by molar-refractivity contribution is 5.95. The highest BCUT2D eigenvalue weighted by Gasteiger charge is 2.33. The molecule has 1 N–H and O–H groups in total. The first-order valence-electron chi connectivity index (χ1n) is 10.4. The van der Waals surface area contributed by atoms with E-state index in [1.807, 2.05) is 6.92 Å². The molecular formula is C23H26FN3O. The Balaban J connectivity index is 1.65. The van der Waals surface area contributed by atoms with E-state index in [1.54, 1.807) is 16.7 Å². The smallest absolute Gasteiger partial charge is 0.326 e. The molecule has 28 heavy (non-hydrogen) atoms. The molecule has 0 radical (unpaired) electrons. The van der Waals surface area contributed by atoms with Gasteiger partial charge in [-0.2, -0.15) is 0 Å². The molecule has 3 aromatic rings. The number of hydrogen-bond donors (Lipinski definition) is 1. The molecule has 2 aliphatic rings. The largest absolute Gasteiger partial charge is 0.371 e. The number of imidazole rings is 1. The zero-order chi connectivity index (χ0) is 19.3. The summed E-state index contributed by atoms with van der Waals surface area (Å²) in [6, 6.07) is 10.9. The van der Waals surface area contributed by atoms with Crippen molar-refractivity contribution in [1.82, 2.24) is 9.55 Å². The lowest BCUT2D eigenvalue weighted by molar-refractivity contribution is 0.324. The second-order valence-corrected chi connectivity index (χ2v) is 8.26. The van der Waals surface area contributed by atoms with Crippen molar-refractivity contribution >= 4 is 16.7 Å². The molecule has 1 saturated heterocycles. The number of rotatable bonds is 3. The van der Waals surface area contributed by atoms with E-state index in [0.29, 0.717) is 6.54 Å². The number of aromatic nitrogens is 2. The summed E-state index contributed by atoms with van der Waals surface area (Å²) in [5, 5.41) is 0. The van der Waals surface area contributed by atoms with Gasteiger partial charge in [-0.3, -0.25) is 4.57 Å². The summed E-state index contributed by atoms with van der Waals surface area (Å²) in [6.45, 7) is 4.73.